The first-order valence-electron chi connectivity index (χ1n) is 2.40. The Labute approximate surface area is 62.9 Å². The molecule has 0 heterocycles. The Bertz CT molecular complexity index is 202. The fourth-order valence-corrected chi connectivity index (χ4v) is 1.05. The zero-order valence-electron chi connectivity index (χ0n) is 4.54. The van der Waals surface area contributed by atoms with Crippen molar-refractivity contribution >= 4 is 23.6 Å². The third kappa shape index (κ3) is 1.61. The Morgan fingerprint density at radius 1 is 1.33 bits per heavy atom. The molecule has 1 N–H and O–H groups in total. The van der Waals surface area contributed by atoms with Gasteiger partial charge in [-0.05, 0) is 12.1 Å². The number of halogens is 1. The lowest BCUT2D eigenvalue weighted by Crippen LogP contribution is -1.68. The van der Waals surface area contributed by atoms with Crippen molar-refractivity contribution in [3.63, 3.8) is 0 Å². The SMILES string of the molecule is OSc1ccccc1Cl. The molecule has 0 aliphatic heterocycles. The third-order valence-corrected chi connectivity index (χ3v) is 1.93. The molecule has 0 saturated heterocycles. The quantitative estimate of drug-likeness (QED) is 0.638. The van der Waals surface area contributed by atoms with Crippen molar-refractivity contribution in [2.75, 3.05) is 0 Å². The van der Waals surface area contributed by atoms with Crippen LogP contribution in [-0.2, 0) is 0 Å². The van der Waals surface area contributed by atoms with E-state index < -0.39 is 0 Å². The highest BCUT2D eigenvalue weighted by molar-refractivity contribution is 7.93. The third-order valence-electron chi connectivity index (χ3n) is 0.935. The maximum absolute atomic E-state index is 8.55. The summed E-state index contributed by atoms with van der Waals surface area (Å²) in [4.78, 5) is 0.694. The summed E-state index contributed by atoms with van der Waals surface area (Å²) in [6.45, 7) is 0. The van der Waals surface area contributed by atoms with E-state index in [0.717, 1.165) is 0 Å². The van der Waals surface area contributed by atoms with Crippen LogP contribution in [0, 0.1) is 0 Å². The van der Waals surface area contributed by atoms with Gasteiger partial charge in [-0.15, -0.1) is 0 Å². The highest BCUT2D eigenvalue weighted by Gasteiger charge is 1.94. The van der Waals surface area contributed by atoms with Crippen molar-refractivity contribution in [3.8, 4) is 0 Å². The smallest absolute Gasteiger partial charge is 0.0564 e. The normalized spacial score (nSPS) is 9.56. The van der Waals surface area contributed by atoms with Crippen LogP contribution in [0.3, 0.4) is 0 Å². The molecule has 0 aromatic heterocycles. The van der Waals surface area contributed by atoms with Crippen LogP contribution in [0.5, 0.6) is 0 Å². The molecule has 3 heteroatoms. The summed E-state index contributed by atoms with van der Waals surface area (Å²) >= 11 is 6.31. The summed E-state index contributed by atoms with van der Waals surface area (Å²) in [6, 6.07) is 7.14. The minimum Gasteiger partial charge on any atom is -0.325 e. The Morgan fingerprint density at radius 2 is 2.00 bits per heavy atom. The fourth-order valence-electron chi connectivity index (χ4n) is 0.519. The molecule has 48 valence electrons. The molecule has 1 rings (SSSR count). The number of hydrogen-bond donors (Lipinski definition) is 1. The molecule has 0 radical (unpaired) electrons. The van der Waals surface area contributed by atoms with Crippen LogP contribution in [-0.4, -0.2) is 4.55 Å². The van der Waals surface area contributed by atoms with Gasteiger partial charge >= 0.3 is 0 Å². The topological polar surface area (TPSA) is 20.2 Å². The molecule has 0 spiro atoms. The van der Waals surface area contributed by atoms with Crippen LogP contribution >= 0.6 is 23.6 Å². The molecule has 0 fully saturated rings. The Hall–Kier alpha value is -0.180. The summed E-state index contributed by atoms with van der Waals surface area (Å²) in [5.41, 5.74) is 0. The van der Waals surface area contributed by atoms with Crippen molar-refractivity contribution < 1.29 is 4.55 Å². The van der Waals surface area contributed by atoms with Gasteiger partial charge in [0.25, 0.3) is 0 Å². The Kier molecular flexibility index (Phi) is 2.39. The zero-order chi connectivity index (χ0) is 6.69. The maximum Gasteiger partial charge on any atom is 0.0564 e. The molecule has 1 aromatic rings. The second kappa shape index (κ2) is 3.11. The molecule has 0 bridgehead atoms. The van der Waals surface area contributed by atoms with E-state index in [1.165, 1.54) is 0 Å². The van der Waals surface area contributed by atoms with E-state index in [1.807, 2.05) is 12.1 Å². The van der Waals surface area contributed by atoms with Gasteiger partial charge in [0, 0.05) is 12.0 Å². The summed E-state index contributed by atoms with van der Waals surface area (Å²) in [5, 5.41) is 0.588. The van der Waals surface area contributed by atoms with E-state index in [0.29, 0.717) is 22.0 Å². The van der Waals surface area contributed by atoms with Crippen molar-refractivity contribution in [1.29, 1.82) is 0 Å². The monoisotopic (exact) mass is 160 g/mol. The lowest BCUT2D eigenvalue weighted by molar-refractivity contribution is 0.664. The average molecular weight is 161 g/mol. The second-order valence-corrected chi connectivity index (χ2v) is 2.55. The number of rotatable bonds is 1. The summed E-state index contributed by atoms with van der Waals surface area (Å²) in [6.07, 6.45) is 0. The molecule has 0 aliphatic rings. The van der Waals surface area contributed by atoms with Crippen molar-refractivity contribution in [1.82, 2.24) is 0 Å². The van der Waals surface area contributed by atoms with Gasteiger partial charge < -0.3 is 4.55 Å². The van der Waals surface area contributed by atoms with E-state index in [2.05, 4.69) is 0 Å². The van der Waals surface area contributed by atoms with Crippen LogP contribution < -0.4 is 0 Å². The first kappa shape index (κ1) is 6.93. The summed E-state index contributed by atoms with van der Waals surface area (Å²) in [5.74, 6) is 0. The Morgan fingerprint density at radius 3 is 2.44 bits per heavy atom. The van der Waals surface area contributed by atoms with Crippen LogP contribution in [0.15, 0.2) is 29.2 Å². The maximum atomic E-state index is 8.55. The lowest BCUT2D eigenvalue weighted by atomic mass is 10.4. The molecular formula is C6H5ClOS. The largest absolute Gasteiger partial charge is 0.325 e. The first-order chi connectivity index (χ1) is 4.34. The molecule has 0 atom stereocenters. The van der Waals surface area contributed by atoms with Gasteiger partial charge in [0.2, 0.25) is 0 Å². The molecule has 0 unspecified atom stereocenters. The van der Waals surface area contributed by atoms with Gasteiger partial charge in [0.15, 0.2) is 0 Å². The minimum absolute atomic E-state index is 0.588. The predicted octanol–water partition coefficient (Wildman–Crippen LogP) is 2.91. The van der Waals surface area contributed by atoms with Crippen LogP contribution in [0.25, 0.3) is 0 Å². The highest BCUT2D eigenvalue weighted by atomic mass is 35.5. The fraction of sp³-hybridized carbons (Fsp3) is 0. The molecule has 9 heavy (non-hydrogen) atoms. The molecule has 1 nitrogen and oxygen atoms in total. The first-order valence-corrected chi connectivity index (χ1v) is 3.55. The molecule has 0 aliphatic carbocycles. The van der Waals surface area contributed by atoms with Gasteiger partial charge in [-0.1, -0.05) is 23.7 Å². The van der Waals surface area contributed by atoms with Gasteiger partial charge in [-0.2, -0.15) is 0 Å². The molecule has 1 aromatic carbocycles. The van der Waals surface area contributed by atoms with E-state index in [-0.39, 0.29) is 0 Å². The highest BCUT2D eigenvalue weighted by Crippen LogP contribution is 2.23. The molecule has 0 saturated carbocycles. The standard InChI is InChI=1S/C6H5ClOS/c7-5-3-1-2-4-6(5)9-8/h1-4,8H. The number of benzene rings is 1. The van der Waals surface area contributed by atoms with E-state index in [4.69, 9.17) is 16.2 Å². The number of hydrogen-bond acceptors (Lipinski definition) is 2. The average Bonchev–Trinajstić information content (AvgIpc) is 1.89. The minimum atomic E-state index is 0.588. The van der Waals surface area contributed by atoms with Gasteiger partial charge in [0.05, 0.1) is 9.92 Å². The Balaban J connectivity index is 3.01. The molecular weight excluding hydrogens is 156 g/mol. The van der Waals surface area contributed by atoms with Crippen molar-refractivity contribution in [2.45, 2.75) is 4.90 Å². The van der Waals surface area contributed by atoms with Crippen molar-refractivity contribution in [2.24, 2.45) is 0 Å². The summed E-state index contributed by atoms with van der Waals surface area (Å²) < 4.78 is 8.55. The van der Waals surface area contributed by atoms with E-state index in [1.54, 1.807) is 12.1 Å². The van der Waals surface area contributed by atoms with Crippen molar-refractivity contribution in [3.05, 3.63) is 29.3 Å². The van der Waals surface area contributed by atoms with Crippen LogP contribution in [0.1, 0.15) is 0 Å². The van der Waals surface area contributed by atoms with Gasteiger partial charge in [-0.3, -0.25) is 0 Å². The van der Waals surface area contributed by atoms with Crippen LogP contribution in [0.2, 0.25) is 5.02 Å². The van der Waals surface area contributed by atoms with E-state index in [9.17, 15) is 0 Å². The molecule has 0 amide bonds. The van der Waals surface area contributed by atoms with Gasteiger partial charge in [-0.25, -0.2) is 0 Å². The predicted molar refractivity (Wildman–Crippen MR) is 39.9 cm³/mol. The van der Waals surface area contributed by atoms with Crippen LogP contribution in [0.4, 0.5) is 0 Å². The van der Waals surface area contributed by atoms with E-state index >= 15 is 0 Å². The summed E-state index contributed by atoms with van der Waals surface area (Å²) in [7, 11) is 0. The van der Waals surface area contributed by atoms with Gasteiger partial charge in [0.1, 0.15) is 0 Å². The zero-order valence-corrected chi connectivity index (χ0v) is 6.12. The lowest BCUT2D eigenvalue weighted by Gasteiger charge is -1.94. The second-order valence-electron chi connectivity index (χ2n) is 1.52.